The molecule has 1 heterocycles. The van der Waals surface area contributed by atoms with Gasteiger partial charge in [-0.25, -0.2) is 0 Å². The third kappa shape index (κ3) is 3.82. The fourth-order valence-electron chi connectivity index (χ4n) is 1.72. The molecule has 0 bridgehead atoms. The molecule has 0 amide bonds. The van der Waals surface area contributed by atoms with Crippen LogP contribution in [0.5, 0.6) is 0 Å². The van der Waals surface area contributed by atoms with Crippen LogP contribution in [-0.2, 0) is 6.42 Å². The lowest BCUT2D eigenvalue weighted by Crippen LogP contribution is -2.30. The molecule has 1 nitrogen and oxygen atoms in total. The molecule has 0 aromatic heterocycles. The Bertz CT molecular complexity index is 322. The van der Waals surface area contributed by atoms with Gasteiger partial charge in [-0.2, -0.15) is 23.5 Å². The molecule has 4 heteroatoms. The second-order valence-electron chi connectivity index (χ2n) is 3.88. The molecule has 1 aliphatic rings. The first kappa shape index (κ1) is 13.1. The van der Waals surface area contributed by atoms with Crippen molar-refractivity contribution in [2.75, 3.05) is 17.3 Å². The molecule has 1 aliphatic heterocycles. The van der Waals surface area contributed by atoms with E-state index in [1.165, 1.54) is 20.6 Å². The number of aliphatic hydroxyl groups is 1. The van der Waals surface area contributed by atoms with Gasteiger partial charge in [0.25, 0.3) is 0 Å². The van der Waals surface area contributed by atoms with Crippen molar-refractivity contribution in [2.24, 2.45) is 0 Å². The van der Waals surface area contributed by atoms with Crippen molar-refractivity contribution in [3.8, 4) is 0 Å². The van der Waals surface area contributed by atoms with E-state index in [-0.39, 0.29) is 6.10 Å². The molecule has 1 aromatic rings. The predicted octanol–water partition coefficient (Wildman–Crippen LogP) is 3.04. The lowest BCUT2D eigenvalue weighted by Gasteiger charge is -2.25. The van der Waals surface area contributed by atoms with Crippen LogP contribution in [0, 0.1) is 3.57 Å². The van der Waals surface area contributed by atoms with Crippen LogP contribution in [0.15, 0.2) is 24.3 Å². The SMILES string of the molecule is OC(Cc1ccc(I)cc1)C1CSCCS1. The van der Waals surface area contributed by atoms with Gasteiger partial charge in [0.2, 0.25) is 0 Å². The lowest BCUT2D eigenvalue weighted by atomic mass is 10.1. The first-order chi connectivity index (χ1) is 7.75. The van der Waals surface area contributed by atoms with Crippen LogP contribution in [0.3, 0.4) is 0 Å². The molecular weight excluding hydrogens is 351 g/mol. The van der Waals surface area contributed by atoms with Crippen molar-refractivity contribution in [3.63, 3.8) is 0 Å². The summed E-state index contributed by atoms with van der Waals surface area (Å²) < 4.78 is 1.25. The summed E-state index contributed by atoms with van der Waals surface area (Å²) in [5, 5.41) is 10.6. The molecule has 1 N–H and O–H groups in total. The Hall–Kier alpha value is 0.610. The molecule has 1 saturated heterocycles. The van der Waals surface area contributed by atoms with E-state index >= 15 is 0 Å². The first-order valence-corrected chi connectivity index (χ1v) is 8.66. The summed E-state index contributed by atoms with van der Waals surface area (Å²) in [7, 11) is 0. The van der Waals surface area contributed by atoms with E-state index in [1.807, 2.05) is 23.5 Å². The van der Waals surface area contributed by atoms with E-state index < -0.39 is 0 Å². The zero-order valence-corrected chi connectivity index (χ0v) is 12.7. The van der Waals surface area contributed by atoms with Crippen molar-refractivity contribution in [2.45, 2.75) is 17.8 Å². The van der Waals surface area contributed by atoms with Gasteiger partial charge in [-0.1, -0.05) is 12.1 Å². The van der Waals surface area contributed by atoms with Crippen molar-refractivity contribution < 1.29 is 5.11 Å². The van der Waals surface area contributed by atoms with E-state index in [2.05, 4.69) is 46.9 Å². The monoisotopic (exact) mass is 366 g/mol. The molecule has 88 valence electrons. The maximum atomic E-state index is 10.2. The first-order valence-electron chi connectivity index (χ1n) is 5.37. The Kier molecular flexibility index (Phi) is 5.32. The summed E-state index contributed by atoms with van der Waals surface area (Å²) in [5.41, 5.74) is 1.24. The summed E-state index contributed by atoms with van der Waals surface area (Å²) >= 11 is 6.19. The smallest absolute Gasteiger partial charge is 0.0707 e. The number of hydrogen-bond acceptors (Lipinski definition) is 3. The van der Waals surface area contributed by atoms with E-state index in [0.717, 1.165) is 12.2 Å². The summed E-state index contributed by atoms with van der Waals surface area (Å²) in [6, 6.07) is 8.44. The Morgan fingerprint density at radius 1 is 1.31 bits per heavy atom. The van der Waals surface area contributed by atoms with Gasteiger partial charge in [0, 0.05) is 26.1 Å². The highest BCUT2D eigenvalue weighted by molar-refractivity contribution is 14.1. The van der Waals surface area contributed by atoms with Crippen molar-refractivity contribution >= 4 is 46.1 Å². The summed E-state index contributed by atoms with van der Waals surface area (Å²) in [4.78, 5) is 0. The van der Waals surface area contributed by atoms with E-state index in [9.17, 15) is 5.11 Å². The van der Waals surface area contributed by atoms with Crippen LogP contribution in [0.25, 0.3) is 0 Å². The fourth-order valence-corrected chi connectivity index (χ4v) is 4.85. The second kappa shape index (κ2) is 6.52. The van der Waals surface area contributed by atoms with Gasteiger partial charge in [0.05, 0.1) is 6.10 Å². The highest BCUT2D eigenvalue weighted by Gasteiger charge is 2.22. The fraction of sp³-hybridized carbons (Fsp3) is 0.500. The van der Waals surface area contributed by atoms with Gasteiger partial charge in [0.1, 0.15) is 0 Å². The van der Waals surface area contributed by atoms with Gasteiger partial charge >= 0.3 is 0 Å². The van der Waals surface area contributed by atoms with E-state index in [4.69, 9.17) is 0 Å². The van der Waals surface area contributed by atoms with Crippen LogP contribution in [0.1, 0.15) is 5.56 Å². The predicted molar refractivity (Wildman–Crippen MR) is 82.4 cm³/mol. The summed E-state index contributed by atoms with van der Waals surface area (Å²) in [6.45, 7) is 0. The standard InChI is InChI=1S/C12H15IOS2/c13-10-3-1-9(2-4-10)7-11(14)12-8-15-5-6-16-12/h1-4,11-12,14H,5-8H2. The van der Waals surface area contributed by atoms with Gasteiger partial charge < -0.3 is 5.11 Å². The van der Waals surface area contributed by atoms with Crippen molar-refractivity contribution in [1.29, 1.82) is 0 Å². The topological polar surface area (TPSA) is 20.2 Å². The highest BCUT2D eigenvalue weighted by atomic mass is 127. The molecule has 2 rings (SSSR count). The molecule has 0 spiro atoms. The van der Waals surface area contributed by atoms with Gasteiger partial charge in [0.15, 0.2) is 0 Å². The Morgan fingerprint density at radius 3 is 2.69 bits per heavy atom. The second-order valence-corrected chi connectivity index (χ2v) is 7.62. The Labute approximate surface area is 119 Å². The molecule has 1 fully saturated rings. The molecule has 2 atom stereocenters. The van der Waals surface area contributed by atoms with E-state index in [1.54, 1.807) is 0 Å². The van der Waals surface area contributed by atoms with Gasteiger partial charge in [-0.05, 0) is 46.7 Å². The number of rotatable bonds is 3. The quantitative estimate of drug-likeness (QED) is 0.831. The lowest BCUT2D eigenvalue weighted by molar-refractivity contribution is 0.177. The third-order valence-corrected chi connectivity index (χ3v) is 6.25. The minimum absolute atomic E-state index is 0.196. The maximum absolute atomic E-state index is 10.2. The minimum Gasteiger partial charge on any atom is -0.392 e. The van der Waals surface area contributed by atoms with Gasteiger partial charge in [-0.15, -0.1) is 0 Å². The number of hydrogen-bond donors (Lipinski definition) is 1. The van der Waals surface area contributed by atoms with Crippen LogP contribution in [0.4, 0.5) is 0 Å². The highest BCUT2D eigenvalue weighted by Crippen LogP contribution is 2.27. The van der Waals surface area contributed by atoms with Crippen LogP contribution in [-0.4, -0.2) is 33.7 Å². The number of benzene rings is 1. The van der Waals surface area contributed by atoms with Crippen LogP contribution in [0.2, 0.25) is 0 Å². The average molecular weight is 366 g/mol. The summed E-state index contributed by atoms with van der Waals surface area (Å²) in [6.07, 6.45) is 0.590. The minimum atomic E-state index is -0.196. The molecule has 2 unspecified atom stereocenters. The normalized spacial score (nSPS) is 23.0. The van der Waals surface area contributed by atoms with Crippen LogP contribution >= 0.6 is 46.1 Å². The Balaban J connectivity index is 1.90. The molecule has 0 radical (unpaired) electrons. The van der Waals surface area contributed by atoms with E-state index in [0.29, 0.717) is 5.25 Å². The number of aliphatic hydroxyl groups excluding tert-OH is 1. The summed E-state index contributed by atoms with van der Waals surface area (Å²) in [5.74, 6) is 3.51. The van der Waals surface area contributed by atoms with Crippen molar-refractivity contribution in [1.82, 2.24) is 0 Å². The number of halogens is 1. The zero-order valence-electron chi connectivity index (χ0n) is 8.93. The van der Waals surface area contributed by atoms with Crippen LogP contribution < -0.4 is 0 Å². The largest absolute Gasteiger partial charge is 0.392 e. The average Bonchev–Trinajstić information content (AvgIpc) is 2.33. The molecule has 0 aliphatic carbocycles. The van der Waals surface area contributed by atoms with Crippen molar-refractivity contribution in [3.05, 3.63) is 33.4 Å². The molecule has 16 heavy (non-hydrogen) atoms. The molecular formula is C12H15IOS2. The number of thioether (sulfide) groups is 2. The zero-order chi connectivity index (χ0) is 11.4. The Morgan fingerprint density at radius 2 is 2.06 bits per heavy atom. The van der Waals surface area contributed by atoms with Gasteiger partial charge in [-0.3, -0.25) is 0 Å². The third-order valence-electron chi connectivity index (χ3n) is 2.63. The maximum Gasteiger partial charge on any atom is 0.0707 e. The molecule has 0 saturated carbocycles. The molecule has 1 aromatic carbocycles.